The van der Waals surface area contributed by atoms with E-state index < -0.39 is 0 Å². The molecule has 0 spiro atoms. The molecule has 2 aromatic rings. The summed E-state index contributed by atoms with van der Waals surface area (Å²) in [5.41, 5.74) is 1.34. The Labute approximate surface area is 119 Å². The van der Waals surface area contributed by atoms with Crippen LogP contribution in [-0.2, 0) is 17.8 Å². The van der Waals surface area contributed by atoms with Gasteiger partial charge in [0.25, 0.3) is 5.56 Å². The van der Waals surface area contributed by atoms with E-state index in [9.17, 15) is 9.59 Å². The van der Waals surface area contributed by atoms with Crippen LogP contribution in [0.3, 0.4) is 0 Å². The van der Waals surface area contributed by atoms with Crippen molar-refractivity contribution in [1.29, 1.82) is 0 Å². The number of benzene rings is 1. The van der Waals surface area contributed by atoms with Crippen molar-refractivity contribution in [2.45, 2.75) is 19.9 Å². The first kappa shape index (κ1) is 13.7. The molecule has 0 saturated heterocycles. The van der Waals surface area contributed by atoms with Gasteiger partial charge in [-0.25, -0.2) is 4.98 Å². The first-order valence-corrected chi connectivity index (χ1v) is 6.64. The molecule has 0 bridgehead atoms. The Morgan fingerprint density at radius 1 is 1.32 bits per heavy atom. The molecular formula is C14H13BrN2O2. The lowest BCUT2D eigenvalue weighted by atomic mass is 10.1. The zero-order chi connectivity index (χ0) is 13.8. The quantitative estimate of drug-likeness (QED) is 0.867. The fourth-order valence-corrected chi connectivity index (χ4v) is 2.06. The Balaban J connectivity index is 2.12. The summed E-state index contributed by atoms with van der Waals surface area (Å²) in [6, 6.07) is 9.46. The van der Waals surface area contributed by atoms with Gasteiger partial charge in [0, 0.05) is 6.42 Å². The maximum atomic E-state index is 11.9. The highest BCUT2D eigenvalue weighted by atomic mass is 79.9. The third-order valence-corrected chi connectivity index (χ3v) is 3.66. The van der Waals surface area contributed by atoms with E-state index in [1.807, 2.05) is 30.3 Å². The predicted molar refractivity (Wildman–Crippen MR) is 76.1 cm³/mol. The molecule has 0 aliphatic heterocycles. The maximum absolute atomic E-state index is 11.9. The fraction of sp³-hybridized carbons (Fsp3) is 0.214. The van der Waals surface area contributed by atoms with E-state index >= 15 is 0 Å². The molecular weight excluding hydrogens is 308 g/mol. The van der Waals surface area contributed by atoms with Crippen LogP contribution in [0.15, 0.2) is 45.9 Å². The van der Waals surface area contributed by atoms with Crippen molar-refractivity contribution in [1.82, 2.24) is 9.55 Å². The molecule has 2 rings (SSSR count). The van der Waals surface area contributed by atoms with Crippen LogP contribution in [0, 0.1) is 6.92 Å². The van der Waals surface area contributed by atoms with E-state index in [4.69, 9.17) is 0 Å². The number of halogens is 1. The summed E-state index contributed by atoms with van der Waals surface area (Å²) in [5.74, 6) is -0.0224. The van der Waals surface area contributed by atoms with Crippen LogP contribution in [0.4, 0.5) is 0 Å². The lowest BCUT2D eigenvalue weighted by Gasteiger charge is -2.06. The minimum Gasteiger partial charge on any atom is -0.297 e. The van der Waals surface area contributed by atoms with Crippen LogP contribution in [0.25, 0.3) is 0 Å². The zero-order valence-electron chi connectivity index (χ0n) is 10.5. The van der Waals surface area contributed by atoms with E-state index in [2.05, 4.69) is 20.9 Å². The average molecular weight is 321 g/mol. The van der Waals surface area contributed by atoms with Gasteiger partial charge in [0.2, 0.25) is 0 Å². The highest BCUT2D eigenvalue weighted by molar-refractivity contribution is 9.10. The molecule has 4 nitrogen and oxygen atoms in total. The largest absolute Gasteiger partial charge is 0.297 e. The first-order valence-electron chi connectivity index (χ1n) is 5.85. The summed E-state index contributed by atoms with van der Waals surface area (Å²) in [5, 5.41) is 0. The van der Waals surface area contributed by atoms with Gasteiger partial charge >= 0.3 is 0 Å². The summed E-state index contributed by atoms with van der Waals surface area (Å²) in [6.07, 6.45) is 1.73. The topological polar surface area (TPSA) is 52.0 Å². The lowest BCUT2D eigenvalue weighted by Crippen LogP contribution is -2.26. The molecule has 0 atom stereocenters. The van der Waals surface area contributed by atoms with Crippen molar-refractivity contribution in [2.24, 2.45) is 0 Å². The predicted octanol–water partition coefficient (Wildman–Crippen LogP) is 2.13. The Morgan fingerprint density at radius 3 is 2.68 bits per heavy atom. The Bertz CT molecular complexity index is 650. The fourth-order valence-electron chi connectivity index (χ4n) is 1.73. The van der Waals surface area contributed by atoms with Gasteiger partial charge in [-0.05, 0) is 28.4 Å². The van der Waals surface area contributed by atoms with E-state index in [0.717, 1.165) is 5.56 Å². The molecule has 0 N–H and O–H groups in total. The minimum absolute atomic E-state index is 0.0224. The summed E-state index contributed by atoms with van der Waals surface area (Å²) >= 11 is 3.18. The van der Waals surface area contributed by atoms with Crippen molar-refractivity contribution in [3.63, 3.8) is 0 Å². The Kier molecular flexibility index (Phi) is 4.27. The van der Waals surface area contributed by atoms with Gasteiger partial charge in [0.05, 0.1) is 18.6 Å². The third kappa shape index (κ3) is 3.38. The van der Waals surface area contributed by atoms with Crippen molar-refractivity contribution in [2.75, 3.05) is 0 Å². The Hall–Kier alpha value is -1.75. The molecule has 0 aliphatic carbocycles. The second kappa shape index (κ2) is 5.93. The first-order chi connectivity index (χ1) is 9.08. The smallest absolute Gasteiger partial charge is 0.268 e. The number of nitrogens with zero attached hydrogens (tertiary/aromatic N) is 2. The molecule has 0 aliphatic rings. The number of Topliss-reactive ketones (excluding diaryl/α,β-unsaturated/α-hetero) is 1. The van der Waals surface area contributed by atoms with Crippen LogP contribution in [0.1, 0.15) is 11.3 Å². The number of carbonyl (C=O) groups is 1. The molecule has 0 amide bonds. The van der Waals surface area contributed by atoms with Crippen LogP contribution in [0.2, 0.25) is 0 Å². The summed E-state index contributed by atoms with van der Waals surface area (Å²) < 4.78 is 1.73. The number of hydrogen-bond donors (Lipinski definition) is 0. The standard InChI is InChI=1S/C14H13BrN2O2/c1-10-13(15)14(19)17(9-16-10)8-12(18)7-11-5-3-2-4-6-11/h2-6,9H,7-8H2,1H3. The minimum atomic E-state index is -0.228. The highest BCUT2D eigenvalue weighted by Crippen LogP contribution is 2.06. The maximum Gasteiger partial charge on any atom is 0.268 e. The van der Waals surface area contributed by atoms with Crippen molar-refractivity contribution >= 4 is 21.7 Å². The van der Waals surface area contributed by atoms with E-state index in [-0.39, 0.29) is 17.9 Å². The van der Waals surface area contributed by atoms with Gasteiger partial charge in [0.1, 0.15) is 4.47 Å². The van der Waals surface area contributed by atoms with Crippen molar-refractivity contribution in [3.8, 4) is 0 Å². The highest BCUT2D eigenvalue weighted by Gasteiger charge is 2.09. The van der Waals surface area contributed by atoms with Gasteiger partial charge in [-0.3, -0.25) is 14.2 Å². The molecule has 0 radical (unpaired) electrons. The van der Waals surface area contributed by atoms with Crippen LogP contribution in [0.5, 0.6) is 0 Å². The van der Waals surface area contributed by atoms with Crippen LogP contribution < -0.4 is 5.56 Å². The molecule has 1 heterocycles. The summed E-state index contributed by atoms with van der Waals surface area (Å²) in [6.45, 7) is 1.78. The number of aryl methyl sites for hydroxylation is 1. The zero-order valence-corrected chi connectivity index (χ0v) is 12.1. The molecule has 1 aromatic heterocycles. The molecule has 5 heteroatoms. The number of rotatable bonds is 4. The number of aromatic nitrogens is 2. The molecule has 98 valence electrons. The van der Waals surface area contributed by atoms with Crippen LogP contribution in [-0.4, -0.2) is 15.3 Å². The number of carbonyl (C=O) groups excluding carboxylic acids is 1. The summed E-state index contributed by atoms with van der Waals surface area (Å²) in [4.78, 5) is 27.9. The van der Waals surface area contributed by atoms with E-state index in [1.165, 1.54) is 10.9 Å². The molecule has 0 saturated carbocycles. The summed E-state index contributed by atoms with van der Waals surface area (Å²) in [7, 11) is 0. The van der Waals surface area contributed by atoms with Gasteiger partial charge in [-0.1, -0.05) is 30.3 Å². The van der Waals surface area contributed by atoms with Crippen molar-refractivity contribution in [3.05, 3.63) is 62.7 Å². The van der Waals surface area contributed by atoms with Crippen molar-refractivity contribution < 1.29 is 4.79 Å². The monoisotopic (exact) mass is 320 g/mol. The number of ketones is 1. The number of hydrogen-bond acceptors (Lipinski definition) is 3. The SMILES string of the molecule is Cc1ncn(CC(=O)Cc2ccccc2)c(=O)c1Br. The van der Waals surface area contributed by atoms with Gasteiger partial charge in [0.15, 0.2) is 5.78 Å². The van der Waals surface area contributed by atoms with Crippen LogP contribution >= 0.6 is 15.9 Å². The van der Waals surface area contributed by atoms with E-state index in [0.29, 0.717) is 16.6 Å². The molecule has 19 heavy (non-hydrogen) atoms. The Morgan fingerprint density at radius 2 is 2.00 bits per heavy atom. The molecule has 0 fully saturated rings. The molecule has 1 aromatic carbocycles. The van der Waals surface area contributed by atoms with Gasteiger partial charge < -0.3 is 0 Å². The second-order valence-electron chi connectivity index (χ2n) is 4.28. The molecule has 0 unspecified atom stereocenters. The normalized spacial score (nSPS) is 10.4. The average Bonchev–Trinajstić information content (AvgIpc) is 2.41. The van der Waals surface area contributed by atoms with Gasteiger partial charge in [-0.15, -0.1) is 0 Å². The lowest BCUT2D eigenvalue weighted by molar-refractivity contribution is -0.119. The van der Waals surface area contributed by atoms with Gasteiger partial charge in [-0.2, -0.15) is 0 Å². The second-order valence-corrected chi connectivity index (χ2v) is 5.07. The third-order valence-electron chi connectivity index (χ3n) is 2.75. The van der Waals surface area contributed by atoms with E-state index in [1.54, 1.807) is 6.92 Å².